The summed E-state index contributed by atoms with van der Waals surface area (Å²) in [6, 6.07) is 26.0. The number of rotatable bonds is 11. The topological polar surface area (TPSA) is 84.9 Å². The standard InChI is InChI=1S/C27H29NO4S/c28-27(18-29,19-30)16-8-12-22-21-11-4-7-15-25(21)33-26(22)32-24-14-6-5-13-23(24)31-17-20-9-2-1-3-10-20/h1-7,9-11,13-15,29-30H,8,12,16-19,28H2. The van der Waals surface area contributed by atoms with Crippen LogP contribution < -0.4 is 15.2 Å². The maximum absolute atomic E-state index is 9.51. The second kappa shape index (κ2) is 10.8. The number of nitrogens with two attached hydrogens (primary N) is 1. The molecule has 0 fully saturated rings. The summed E-state index contributed by atoms with van der Waals surface area (Å²) in [7, 11) is 0. The summed E-state index contributed by atoms with van der Waals surface area (Å²) in [6.07, 6.45) is 1.96. The van der Waals surface area contributed by atoms with E-state index in [1.54, 1.807) is 11.3 Å². The monoisotopic (exact) mass is 463 g/mol. The Morgan fingerprint density at radius 1 is 0.818 bits per heavy atom. The van der Waals surface area contributed by atoms with Crippen LogP contribution in [0.5, 0.6) is 16.6 Å². The van der Waals surface area contributed by atoms with E-state index in [2.05, 4.69) is 12.1 Å². The van der Waals surface area contributed by atoms with Gasteiger partial charge in [0.2, 0.25) is 0 Å². The van der Waals surface area contributed by atoms with E-state index in [0.29, 0.717) is 24.5 Å². The zero-order chi connectivity index (χ0) is 23.1. The maximum Gasteiger partial charge on any atom is 0.185 e. The Morgan fingerprint density at radius 3 is 2.24 bits per heavy atom. The largest absolute Gasteiger partial charge is 0.485 e. The fourth-order valence-electron chi connectivity index (χ4n) is 3.71. The van der Waals surface area contributed by atoms with Crippen molar-refractivity contribution in [3.8, 4) is 16.6 Å². The molecule has 0 bridgehead atoms. The van der Waals surface area contributed by atoms with Crippen LogP contribution in [-0.2, 0) is 13.0 Å². The highest BCUT2D eigenvalue weighted by Crippen LogP contribution is 2.43. The van der Waals surface area contributed by atoms with Gasteiger partial charge in [-0.2, -0.15) is 0 Å². The van der Waals surface area contributed by atoms with Gasteiger partial charge in [-0.25, -0.2) is 0 Å². The van der Waals surface area contributed by atoms with Gasteiger partial charge in [-0.1, -0.05) is 72.0 Å². The van der Waals surface area contributed by atoms with E-state index in [1.165, 1.54) is 0 Å². The van der Waals surface area contributed by atoms with Crippen molar-refractivity contribution in [1.29, 1.82) is 0 Å². The molecule has 0 aliphatic rings. The van der Waals surface area contributed by atoms with Crippen LogP contribution >= 0.6 is 11.3 Å². The van der Waals surface area contributed by atoms with Crippen molar-refractivity contribution < 1.29 is 19.7 Å². The Bertz CT molecular complexity index is 1170. The molecule has 0 aliphatic heterocycles. The molecule has 4 rings (SSSR count). The molecule has 172 valence electrons. The molecular formula is C27H29NO4S. The third kappa shape index (κ3) is 5.72. The minimum absolute atomic E-state index is 0.247. The van der Waals surface area contributed by atoms with Crippen LogP contribution in [0, 0.1) is 0 Å². The summed E-state index contributed by atoms with van der Waals surface area (Å²) in [4.78, 5) is 0. The van der Waals surface area contributed by atoms with E-state index < -0.39 is 5.54 Å². The van der Waals surface area contributed by atoms with Crippen molar-refractivity contribution in [2.45, 2.75) is 31.4 Å². The molecule has 3 aromatic carbocycles. The number of aliphatic hydroxyl groups excluding tert-OH is 2. The molecule has 0 saturated heterocycles. The van der Waals surface area contributed by atoms with E-state index in [1.807, 2.05) is 66.7 Å². The first kappa shape index (κ1) is 23.3. The second-order valence-electron chi connectivity index (χ2n) is 8.22. The highest BCUT2D eigenvalue weighted by atomic mass is 32.1. The summed E-state index contributed by atoms with van der Waals surface area (Å²) < 4.78 is 13.6. The van der Waals surface area contributed by atoms with Gasteiger partial charge in [0.15, 0.2) is 16.6 Å². The van der Waals surface area contributed by atoms with Crippen molar-refractivity contribution >= 4 is 21.4 Å². The Hall–Kier alpha value is -2.90. The van der Waals surface area contributed by atoms with Crippen molar-refractivity contribution in [2.75, 3.05) is 13.2 Å². The zero-order valence-corrected chi connectivity index (χ0v) is 19.3. The fraction of sp³-hybridized carbons (Fsp3) is 0.259. The first-order valence-corrected chi connectivity index (χ1v) is 11.9. The predicted molar refractivity (Wildman–Crippen MR) is 133 cm³/mol. The molecule has 0 aliphatic carbocycles. The Morgan fingerprint density at radius 2 is 1.48 bits per heavy atom. The molecule has 6 heteroatoms. The number of ether oxygens (including phenoxy) is 2. The minimum atomic E-state index is -0.968. The van der Waals surface area contributed by atoms with Gasteiger partial charge in [-0.05, 0) is 48.4 Å². The van der Waals surface area contributed by atoms with Crippen LogP contribution in [0.3, 0.4) is 0 Å². The second-order valence-corrected chi connectivity index (χ2v) is 9.23. The molecule has 1 heterocycles. The fourth-order valence-corrected chi connectivity index (χ4v) is 4.82. The van der Waals surface area contributed by atoms with Gasteiger partial charge in [0.05, 0.1) is 18.8 Å². The van der Waals surface area contributed by atoms with Crippen LogP contribution in [-0.4, -0.2) is 29.0 Å². The van der Waals surface area contributed by atoms with Crippen molar-refractivity contribution in [3.63, 3.8) is 0 Å². The number of para-hydroxylation sites is 2. The SMILES string of the molecule is NC(CO)(CO)CCCc1c(Oc2ccccc2OCc2ccccc2)sc2ccccc12. The summed E-state index contributed by atoms with van der Waals surface area (Å²) >= 11 is 1.60. The number of thiophene rings is 1. The van der Waals surface area contributed by atoms with E-state index in [-0.39, 0.29) is 13.2 Å². The number of aryl methyl sites for hydroxylation is 1. The highest BCUT2D eigenvalue weighted by Gasteiger charge is 2.23. The highest BCUT2D eigenvalue weighted by molar-refractivity contribution is 7.21. The molecule has 0 amide bonds. The normalized spacial score (nSPS) is 11.6. The Labute approximate surface area is 198 Å². The molecule has 4 aromatic rings. The quantitative estimate of drug-likeness (QED) is 0.282. The van der Waals surface area contributed by atoms with Crippen LogP contribution in [0.25, 0.3) is 10.1 Å². The van der Waals surface area contributed by atoms with Gasteiger partial charge in [0, 0.05) is 10.3 Å². The minimum Gasteiger partial charge on any atom is -0.485 e. The molecular weight excluding hydrogens is 434 g/mol. The first-order valence-electron chi connectivity index (χ1n) is 11.1. The third-order valence-electron chi connectivity index (χ3n) is 5.68. The summed E-state index contributed by atoms with van der Waals surface area (Å²) in [5.74, 6) is 1.35. The Kier molecular flexibility index (Phi) is 7.62. The molecule has 0 spiro atoms. The van der Waals surface area contributed by atoms with Crippen molar-refractivity contribution in [1.82, 2.24) is 0 Å². The third-order valence-corrected chi connectivity index (χ3v) is 6.77. The summed E-state index contributed by atoms with van der Waals surface area (Å²) in [6.45, 7) is -0.0336. The van der Waals surface area contributed by atoms with Crippen LogP contribution in [0.4, 0.5) is 0 Å². The van der Waals surface area contributed by atoms with E-state index >= 15 is 0 Å². The number of benzene rings is 3. The molecule has 0 radical (unpaired) electrons. The summed E-state index contributed by atoms with van der Waals surface area (Å²) in [5, 5.41) is 21.0. The van der Waals surface area contributed by atoms with Gasteiger partial charge in [-0.3, -0.25) is 0 Å². The molecule has 0 atom stereocenters. The van der Waals surface area contributed by atoms with E-state index in [4.69, 9.17) is 15.2 Å². The number of hydrogen-bond acceptors (Lipinski definition) is 6. The van der Waals surface area contributed by atoms with Crippen LogP contribution in [0.2, 0.25) is 0 Å². The average Bonchev–Trinajstić information content (AvgIpc) is 3.21. The number of fused-ring (bicyclic) bond motifs is 1. The van der Waals surface area contributed by atoms with Gasteiger partial charge < -0.3 is 25.4 Å². The number of aliphatic hydroxyl groups is 2. The lowest BCUT2D eigenvalue weighted by molar-refractivity contribution is 0.113. The van der Waals surface area contributed by atoms with Gasteiger partial charge in [0.1, 0.15) is 6.61 Å². The lowest BCUT2D eigenvalue weighted by Crippen LogP contribution is -2.47. The van der Waals surface area contributed by atoms with Gasteiger partial charge in [0.25, 0.3) is 0 Å². The molecule has 1 aromatic heterocycles. The van der Waals surface area contributed by atoms with Crippen LogP contribution in [0.15, 0.2) is 78.9 Å². The molecule has 0 unspecified atom stereocenters. The maximum atomic E-state index is 9.51. The smallest absolute Gasteiger partial charge is 0.185 e. The first-order chi connectivity index (χ1) is 16.1. The van der Waals surface area contributed by atoms with Crippen molar-refractivity contribution in [2.24, 2.45) is 5.73 Å². The van der Waals surface area contributed by atoms with E-state index in [0.717, 1.165) is 39.1 Å². The van der Waals surface area contributed by atoms with Crippen LogP contribution in [0.1, 0.15) is 24.0 Å². The van der Waals surface area contributed by atoms with Gasteiger partial charge >= 0.3 is 0 Å². The summed E-state index contributed by atoms with van der Waals surface area (Å²) in [5.41, 5.74) is 7.29. The molecule has 33 heavy (non-hydrogen) atoms. The average molecular weight is 464 g/mol. The lowest BCUT2D eigenvalue weighted by Gasteiger charge is -2.24. The van der Waals surface area contributed by atoms with E-state index in [9.17, 15) is 10.2 Å². The molecule has 4 N–H and O–H groups in total. The zero-order valence-electron chi connectivity index (χ0n) is 18.4. The molecule has 0 saturated carbocycles. The molecule has 5 nitrogen and oxygen atoms in total. The van der Waals surface area contributed by atoms with Crippen molar-refractivity contribution in [3.05, 3.63) is 90.0 Å². The Balaban J connectivity index is 1.56. The number of hydrogen-bond donors (Lipinski definition) is 3. The lowest BCUT2D eigenvalue weighted by atomic mass is 9.94. The predicted octanol–water partition coefficient (Wildman–Crippen LogP) is 5.28. The van der Waals surface area contributed by atoms with Gasteiger partial charge in [-0.15, -0.1) is 0 Å².